The lowest BCUT2D eigenvalue weighted by atomic mass is 10.0. The summed E-state index contributed by atoms with van der Waals surface area (Å²) in [6, 6.07) is 3.38. The highest BCUT2D eigenvalue weighted by molar-refractivity contribution is 7.80. The first-order valence-electron chi connectivity index (χ1n) is 7.68. The maximum absolute atomic E-state index is 13.0. The molecule has 0 aliphatic rings. The Morgan fingerprint density at radius 2 is 1.80 bits per heavy atom. The zero-order chi connectivity index (χ0) is 19.1. The number of nitrogens with one attached hydrogen (secondary N) is 1. The topological polar surface area (TPSA) is 133 Å². The highest BCUT2D eigenvalue weighted by Crippen LogP contribution is 2.25. The van der Waals surface area contributed by atoms with Gasteiger partial charge in [-0.1, -0.05) is 13.8 Å². The summed E-state index contributed by atoms with van der Waals surface area (Å²) in [5.74, 6) is -2.79. The van der Waals surface area contributed by atoms with E-state index < -0.39 is 35.8 Å². The third-order valence-corrected chi connectivity index (χ3v) is 3.89. The van der Waals surface area contributed by atoms with E-state index in [-0.39, 0.29) is 23.7 Å². The van der Waals surface area contributed by atoms with Gasteiger partial charge in [0.15, 0.2) is 0 Å². The minimum absolute atomic E-state index is 0.0187. The molecule has 1 aromatic carbocycles. The second-order valence-corrected chi connectivity index (χ2v) is 6.12. The third kappa shape index (κ3) is 5.36. The van der Waals surface area contributed by atoms with Gasteiger partial charge in [-0.25, -0.2) is 4.79 Å². The number of thiol groups is 1. The molecular weight excluding hydrogens is 346 g/mol. The van der Waals surface area contributed by atoms with Gasteiger partial charge < -0.3 is 21.3 Å². The fourth-order valence-electron chi connectivity index (χ4n) is 2.34. The summed E-state index contributed by atoms with van der Waals surface area (Å²) >= 11 is 4.07. The molecule has 0 heterocycles. The largest absolute Gasteiger partial charge is 0.508 e. The van der Waals surface area contributed by atoms with Gasteiger partial charge in [-0.3, -0.25) is 14.5 Å². The number of hydrogen-bond acceptors (Lipinski definition) is 6. The molecule has 0 radical (unpaired) electrons. The molecule has 9 heteroatoms. The Labute approximate surface area is 151 Å². The molecule has 8 nitrogen and oxygen atoms in total. The van der Waals surface area contributed by atoms with Gasteiger partial charge in [0.05, 0.1) is 6.54 Å². The van der Waals surface area contributed by atoms with E-state index in [4.69, 9.17) is 5.73 Å². The van der Waals surface area contributed by atoms with E-state index in [1.54, 1.807) is 13.8 Å². The number of carbonyl (C=O) groups excluding carboxylic acids is 2. The number of rotatable bonds is 8. The van der Waals surface area contributed by atoms with Crippen LogP contribution in [0.4, 0.5) is 5.69 Å². The van der Waals surface area contributed by atoms with E-state index in [2.05, 4.69) is 17.9 Å². The molecule has 0 aliphatic heterocycles. The number of hydrogen-bond donors (Lipinski definition) is 5. The van der Waals surface area contributed by atoms with E-state index >= 15 is 0 Å². The molecule has 25 heavy (non-hydrogen) atoms. The summed E-state index contributed by atoms with van der Waals surface area (Å²) in [7, 11) is 0. The Balaban J connectivity index is 3.33. The summed E-state index contributed by atoms with van der Waals surface area (Å²) in [4.78, 5) is 37.3. The van der Waals surface area contributed by atoms with Crippen LogP contribution in [0, 0.1) is 5.92 Å². The maximum Gasteiger partial charge on any atom is 0.327 e. The van der Waals surface area contributed by atoms with Crippen molar-refractivity contribution in [1.82, 2.24) is 5.32 Å². The number of carboxylic acids is 1. The Morgan fingerprint density at radius 3 is 2.20 bits per heavy atom. The quantitative estimate of drug-likeness (QED) is 0.416. The van der Waals surface area contributed by atoms with Crippen LogP contribution < -0.4 is 16.0 Å². The fourth-order valence-corrected chi connectivity index (χ4v) is 2.59. The van der Waals surface area contributed by atoms with Gasteiger partial charge in [0, 0.05) is 11.4 Å². The van der Waals surface area contributed by atoms with Gasteiger partial charge in [-0.2, -0.15) is 12.6 Å². The van der Waals surface area contributed by atoms with Crippen LogP contribution >= 0.6 is 12.6 Å². The first kappa shape index (κ1) is 20.8. The van der Waals surface area contributed by atoms with Crippen molar-refractivity contribution in [3.05, 3.63) is 24.3 Å². The van der Waals surface area contributed by atoms with Crippen molar-refractivity contribution in [2.45, 2.75) is 25.9 Å². The fraction of sp³-hybridized carbons (Fsp3) is 0.438. The Hall–Kier alpha value is -2.26. The van der Waals surface area contributed by atoms with Crippen LogP contribution in [0.5, 0.6) is 5.75 Å². The van der Waals surface area contributed by atoms with E-state index in [1.165, 1.54) is 24.3 Å². The predicted molar refractivity (Wildman–Crippen MR) is 96.7 cm³/mol. The molecule has 2 atom stereocenters. The summed E-state index contributed by atoms with van der Waals surface area (Å²) in [6.07, 6.45) is 0. The molecule has 1 rings (SSSR count). The molecule has 0 aromatic heterocycles. The van der Waals surface area contributed by atoms with Crippen LogP contribution in [0.1, 0.15) is 13.8 Å². The van der Waals surface area contributed by atoms with Crippen molar-refractivity contribution >= 4 is 36.1 Å². The third-order valence-electron chi connectivity index (χ3n) is 3.53. The standard InChI is InChI=1S/C16H23N3O5S/c1-9(2)14(16(23)24)19(10-3-5-11(20)6-4-10)15(22)12(8-25)18-13(21)7-17/h3-6,9,12,14,20,25H,7-8,17H2,1-2H3,(H,18,21)(H,23,24)/t12-,14+/m0/s1. The lowest BCUT2D eigenvalue weighted by Gasteiger charge is -2.34. The Bertz CT molecular complexity index is 621. The second-order valence-electron chi connectivity index (χ2n) is 5.76. The number of aromatic hydroxyl groups is 1. The molecule has 0 saturated heterocycles. The number of amides is 2. The van der Waals surface area contributed by atoms with Crippen LogP contribution in [0.15, 0.2) is 24.3 Å². The number of carboxylic acid groups (broad SMARTS) is 1. The van der Waals surface area contributed by atoms with Gasteiger partial charge in [0.1, 0.15) is 17.8 Å². The van der Waals surface area contributed by atoms with Gasteiger partial charge >= 0.3 is 5.97 Å². The Kier molecular flexibility index (Phi) is 7.72. The normalized spacial score (nSPS) is 13.2. The first-order valence-corrected chi connectivity index (χ1v) is 8.31. The van der Waals surface area contributed by atoms with Crippen LogP contribution in [0.25, 0.3) is 0 Å². The molecule has 5 N–H and O–H groups in total. The summed E-state index contributed by atoms with van der Waals surface area (Å²) in [5.41, 5.74) is 5.54. The van der Waals surface area contributed by atoms with Gasteiger partial charge in [0.2, 0.25) is 5.91 Å². The van der Waals surface area contributed by atoms with Gasteiger partial charge in [0.25, 0.3) is 5.91 Å². The molecule has 138 valence electrons. The molecule has 0 saturated carbocycles. The highest BCUT2D eigenvalue weighted by Gasteiger charge is 2.36. The lowest BCUT2D eigenvalue weighted by molar-refractivity contribution is -0.141. The summed E-state index contributed by atoms with van der Waals surface area (Å²) in [6.45, 7) is 3.05. The number of aliphatic carboxylic acids is 1. The van der Waals surface area contributed by atoms with Gasteiger partial charge in [-0.05, 0) is 30.2 Å². The summed E-state index contributed by atoms with van der Waals surface area (Å²) in [5, 5.41) is 21.5. The van der Waals surface area contributed by atoms with Crippen LogP contribution in [-0.4, -0.2) is 52.4 Å². The molecule has 0 unspecified atom stereocenters. The van der Waals surface area contributed by atoms with Crippen molar-refractivity contribution in [3.8, 4) is 5.75 Å². The lowest BCUT2D eigenvalue weighted by Crippen LogP contribution is -2.57. The highest BCUT2D eigenvalue weighted by atomic mass is 32.1. The molecular formula is C16H23N3O5S. The number of benzene rings is 1. The number of anilines is 1. The predicted octanol–water partition coefficient (Wildman–Crippen LogP) is 0.208. The van der Waals surface area contributed by atoms with E-state index in [0.29, 0.717) is 0 Å². The smallest absolute Gasteiger partial charge is 0.327 e. The SMILES string of the molecule is CC(C)[C@H](C(=O)O)N(C(=O)[C@H](CS)NC(=O)CN)c1ccc(O)cc1. The molecule has 0 fully saturated rings. The summed E-state index contributed by atoms with van der Waals surface area (Å²) < 4.78 is 0. The minimum atomic E-state index is -1.18. The van der Waals surface area contributed by atoms with E-state index in [0.717, 1.165) is 4.90 Å². The van der Waals surface area contributed by atoms with Crippen molar-refractivity contribution in [2.24, 2.45) is 11.7 Å². The number of phenolic OH excluding ortho intramolecular Hbond substituents is 1. The number of phenols is 1. The average molecular weight is 369 g/mol. The average Bonchev–Trinajstić information content (AvgIpc) is 2.56. The van der Waals surface area contributed by atoms with Crippen molar-refractivity contribution in [1.29, 1.82) is 0 Å². The molecule has 0 spiro atoms. The van der Waals surface area contributed by atoms with Crippen LogP contribution in [-0.2, 0) is 14.4 Å². The van der Waals surface area contributed by atoms with Crippen molar-refractivity contribution in [3.63, 3.8) is 0 Å². The van der Waals surface area contributed by atoms with Crippen LogP contribution in [0.3, 0.4) is 0 Å². The zero-order valence-corrected chi connectivity index (χ0v) is 14.9. The van der Waals surface area contributed by atoms with E-state index in [9.17, 15) is 24.6 Å². The second kappa shape index (κ2) is 9.28. The first-order chi connectivity index (χ1) is 11.7. The van der Waals surface area contributed by atoms with Gasteiger partial charge in [-0.15, -0.1) is 0 Å². The van der Waals surface area contributed by atoms with E-state index in [1.807, 2.05) is 0 Å². The molecule has 0 bridgehead atoms. The number of nitrogens with zero attached hydrogens (tertiary/aromatic N) is 1. The number of carbonyl (C=O) groups is 3. The molecule has 2 amide bonds. The Morgan fingerprint density at radius 1 is 1.24 bits per heavy atom. The monoisotopic (exact) mass is 369 g/mol. The minimum Gasteiger partial charge on any atom is -0.508 e. The number of nitrogens with two attached hydrogens (primary N) is 1. The van der Waals surface area contributed by atoms with Crippen molar-refractivity contribution < 1.29 is 24.6 Å². The maximum atomic E-state index is 13.0. The van der Waals surface area contributed by atoms with Crippen molar-refractivity contribution in [2.75, 3.05) is 17.2 Å². The van der Waals surface area contributed by atoms with Crippen LogP contribution in [0.2, 0.25) is 0 Å². The molecule has 0 aliphatic carbocycles. The zero-order valence-electron chi connectivity index (χ0n) is 14.0. The molecule has 1 aromatic rings.